The maximum atomic E-state index is 11.1. The van der Waals surface area contributed by atoms with E-state index in [1.807, 2.05) is 52.8 Å². The van der Waals surface area contributed by atoms with Gasteiger partial charge in [-0.05, 0) is 46.2 Å². The van der Waals surface area contributed by atoms with Crippen molar-refractivity contribution >= 4 is 16.0 Å². The summed E-state index contributed by atoms with van der Waals surface area (Å²) < 4.78 is 30.7. The molecule has 1 rings (SSSR count). The first-order valence-corrected chi connectivity index (χ1v) is 10.6. The zero-order valence-corrected chi connectivity index (χ0v) is 17.5. The molecule has 0 aliphatic heterocycles. The Kier molecular flexibility index (Phi) is 8.36. The fourth-order valence-corrected chi connectivity index (χ4v) is 2.61. The molecular formula is C18H32N4O3S. The monoisotopic (exact) mass is 384 g/mol. The van der Waals surface area contributed by atoms with Crippen LogP contribution in [0.1, 0.15) is 38.8 Å². The van der Waals surface area contributed by atoms with E-state index in [0.717, 1.165) is 23.1 Å². The molecule has 0 saturated carbocycles. The van der Waals surface area contributed by atoms with Crippen LogP contribution in [0.4, 0.5) is 0 Å². The van der Waals surface area contributed by atoms with E-state index < -0.39 is 10.0 Å². The second-order valence-corrected chi connectivity index (χ2v) is 8.95. The summed E-state index contributed by atoms with van der Waals surface area (Å²) >= 11 is 0. The quantitative estimate of drug-likeness (QED) is 0.361. The molecule has 0 unspecified atom stereocenters. The number of hydrogen-bond acceptors (Lipinski definition) is 4. The summed E-state index contributed by atoms with van der Waals surface area (Å²) in [5.74, 6) is 1.46. The van der Waals surface area contributed by atoms with E-state index in [1.54, 1.807) is 0 Å². The second-order valence-electron chi connectivity index (χ2n) is 7.11. The van der Waals surface area contributed by atoms with Crippen LogP contribution in [0.2, 0.25) is 0 Å². The number of nitrogens with one attached hydrogen (secondary N) is 3. The van der Waals surface area contributed by atoms with Crippen LogP contribution in [-0.2, 0) is 16.6 Å². The van der Waals surface area contributed by atoms with Crippen LogP contribution in [-0.4, -0.2) is 45.9 Å². The molecular weight excluding hydrogens is 352 g/mol. The summed E-state index contributed by atoms with van der Waals surface area (Å²) in [7, 11) is -3.18. The van der Waals surface area contributed by atoms with Gasteiger partial charge in [-0.3, -0.25) is 0 Å². The van der Waals surface area contributed by atoms with Gasteiger partial charge >= 0.3 is 0 Å². The van der Waals surface area contributed by atoms with E-state index in [0.29, 0.717) is 32.1 Å². The van der Waals surface area contributed by atoms with Crippen molar-refractivity contribution in [2.75, 3.05) is 25.9 Å². The molecule has 0 bridgehead atoms. The van der Waals surface area contributed by atoms with E-state index in [1.165, 1.54) is 0 Å². The average Bonchev–Trinajstić information content (AvgIpc) is 2.48. The minimum atomic E-state index is -3.18. The zero-order valence-electron chi connectivity index (χ0n) is 16.6. The van der Waals surface area contributed by atoms with Crippen LogP contribution in [0.15, 0.2) is 23.2 Å². The van der Waals surface area contributed by atoms with Crippen LogP contribution in [0.3, 0.4) is 0 Å². The summed E-state index contributed by atoms with van der Waals surface area (Å²) in [6.07, 6.45) is 1.14. The highest BCUT2D eigenvalue weighted by atomic mass is 32.2. The number of aryl methyl sites for hydroxylation is 1. The van der Waals surface area contributed by atoms with Crippen LogP contribution in [0.25, 0.3) is 0 Å². The summed E-state index contributed by atoms with van der Waals surface area (Å²) in [5.41, 5.74) is 1.85. The Morgan fingerprint density at radius 3 is 2.46 bits per heavy atom. The summed E-state index contributed by atoms with van der Waals surface area (Å²) in [6, 6.07) is 6.08. The molecule has 1 aromatic rings. The Morgan fingerprint density at radius 1 is 1.19 bits per heavy atom. The Hall–Kier alpha value is -1.80. The summed E-state index contributed by atoms with van der Waals surface area (Å²) in [4.78, 5) is 4.58. The van der Waals surface area contributed by atoms with Crippen molar-refractivity contribution in [3.8, 4) is 5.75 Å². The molecule has 0 saturated heterocycles. The molecule has 0 radical (unpaired) electrons. The predicted molar refractivity (Wildman–Crippen MR) is 107 cm³/mol. The highest BCUT2D eigenvalue weighted by Gasteiger charge is 2.15. The van der Waals surface area contributed by atoms with Gasteiger partial charge in [0.05, 0.1) is 12.8 Å². The molecule has 7 nitrogen and oxygen atoms in total. The third-order valence-electron chi connectivity index (χ3n) is 3.17. The van der Waals surface area contributed by atoms with Crippen LogP contribution < -0.4 is 20.1 Å². The molecule has 0 amide bonds. The highest BCUT2D eigenvalue weighted by Crippen LogP contribution is 2.25. The minimum Gasteiger partial charge on any atom is -0.488 e. The first kappa shape index (κ1) is 22.2. The Bertz CT molecular complexity index is 710. The van der Waals surface area contributed by atoms with Crippen molar-refractivity contribution in [2.24, 2.45) is 4.99 Å². The maximum Gasteiger partial charge on any atom is 0.208 e. The highest BCUT2D eigenvalue weighted by molar-refractivity contribution is 7.88. The fraction of sp³-hybridized carbons (Fsp3) is 0.611. The molecule has 0 fully saturated rings. The number of aliphatic imine (C=N–C) groups is 1. The minimum absolute atomic E-state index is 0.285. The largest absolute Gasteiger partial charge is 0.488 e. The van der Waals surface area contributed by atoms with Gasteiger partial charge in [0.1, 0.15) is 11.4 Å². The molecule has 0 aliphatic rings. The van der Waals surface area contributed by atoms with Gasteiger partial charge in [-0.15, -0.1) is 0 Å². The lowest BCUT2D eigenvalue weighted by Gasteiger charge is -2.23. The number of sulfonamides is 1. The first-order valence-electron chi connectivity index (χ1n) is 8.75. The third-order valence-corrected chi connectivity index (χ3v) is 3.90. The topological polar surface area (TPSA) is 91.8 Å². The first-order chi connectivity index (χ1) is 12.0. The van der Waals surface area contributed by atoms with Gasteiger partial charge in [0.25, 0.3) is 0 Å². The third kappa shape index (κ3) is 9.62. The Labute approximate surface area is 157 Å². The van der Waals surface area contributed by atoms with Crippen molar-refractivity contribution in [3.63, 3.8) is 0 Å². The van der Waals surface area contributed by atoms with Gasteiger partial charge in [-0.1, -0.05) is 12.1 Å². The normalized spacial score (nSPS) is 12.8. The van der Waals surface area contributed by atoms with E-state index in [2.05, 4.69) is 20.3 Å². The SMILES string of the molecule is CCNC(=NCc1ccc(C)cc1OC(C)(C)C)NCCNS(C)(=O)=O. The molecule has 0 atom stereocenters. The zero-order chi connectivity index (χ0) is 19.8. The lowest BCUT2D eigenvalue weighted by Crippen LogP contribution is -2.41. The summed E-state index contributed by atoms with van der Waals surface area (Å²) in [6.45, 7) is 12.0. The van der Waals surface area contributed by atoms with Gasteiger partial charge in [0, 0.05) is 25.2 Å². The number of guanidine groups is 1. The number of rotatable bonds is 8. The Balaban J connectivity index is 2.79. The molecule has 0 aliphatic carbocycles. The van der Waals surface area contributed by atoms with Crippen LogP contribution in [0, 0.1) is 6.92 Å². The van der Waals surface area contributed by atoms with E-state index >= 15 is 0 Å². The second kappa shape index (κ2) is 9.78. The molecule has 3 N–H and O–H groups in total. The van der Waals surface area contributed by atoms with Crippen molar-refractivity contribution in [3.05, 3.63) is 29.3 Å². The van der Waals surface area contributed by atoms with Gasteiger partial charge in [0.2, 0.25) is 10.0 Å². The predicted octanol–water partition coefficient (Wildman–Crippen LogP) is 1.78. The van der Waals surface area contributed by atoms with Crippen molar-refractivity contribution < 1.29 is 13.2 Å². The number of ether oxygens (including phenoxy) is 1. The van der Waals surface area contributed by atoms with Gasteiger partial charge in [0.15, 0.2) is 5.96 Å². The van der Waals surface area contributed by atoms with Gasteiger partial charge in [-0.2, -0.15) is 0 Å². The average molecular weight is 385 g/mol. The molecule has 1 aromatic carbocycles. The number of benzene rings is 1. The van der Waals surface area contributed by atoms with E-state index in [9.17, 15) is 8.42 Å². The smallest absolute Gasteiger partial charge is 0.208 e. The van der Waals surface area contributed by atoms with E-state index in [4.69, 9.17) is 4.74 Å². The number of nitrogens with zero attached hydrogens (tertiary/aromatic N) is 1. The number of hydrogen-bond donors (Lipinski definition) is 3. The van der Waals surface area contributed by atoms with E-state index in [-0.39, 0.29) is 5.60 Å². The van der Waals surface area contributed by atoms with Gasteiger partial charge < -0.3 is 15.4 Å². The lowest BCUT2D eigenvalue weighted by molar-refractivity contribution is 0.129. The fourth-order valence-electron chi connectivity index (χ4n) is 2.14. The molecule has 148 valence electrons. The van der Waals surface area contributed by atoms with Gasteiger partial charge in [-0.25, -0.2) is 18.1 Å². The standard InChI is InChI=1S/C18H32N4O3S/c1-7-19-17(20-10-11-22-26(6,23)24)21-13-15-9-8-14(2)12-16(15)25-18(3,4)5/h8-9,12,22H,7,10-11,13H2,1-6H3,(H2,19,20,21). The van der Waals surface area contributed by atoms with Crippen molar-refractivity contribution in [1.29, 1.82) is 0 Å². The molecule has 0 aromatic heterocycles. The molecule has 0 spiro atoms. The lowest BCUT2D eigenvalue weighted by atomic mass is 10.1. The van der Waals surface area contributed by atoms with Crippen molar-refractivity contribution in [1.82, 2.24) is 15.4 Å². The van der Waals surface area contributed by atoms with Crippen LogP contribution >= 0.6 is 0 Å². The molecule has 0 heterocycles. The summed E-state index contributed by atoms with van der Waals surface area (Å²) in [5, 5.41) is 6.26. The van der Waals surface area contributed by atoms with Crippen LogP contribution in [0.5, 0.6) is 5.75 Å². The molecule has 8 heteroatoms. The Morgan fingerprint density at radius 2 is 1.88 bits per heavy atom. The molecule has 26 heavy (non-hydrogen) atoms. The van der Waals surface area contributed by atoms with Crippen molar-refractivity contribution in [2.45, 2.75) is 46.8 Å². The maximum absolute atomic E-state index is 11.1.